The first-order valence-corrected chi connectivity index (χ1v) is 6.03. The van der Waals surface area contributed by atoms with Gasteiger partial charge < -0.3 is 10.5 Å². The lowest BCUT2D eigenvalue weighted by molar-refractivity contribution is 0.326. The summed E-state index contributed by atoms with van der Waals surface area (Å²) in [5.74, 6) is 0.819. The van der Waals surface area contributed by atoms with Crippen LogP contribution >= 0.6 is 0 Å². The largest absolute Gasteiger partial charge is 0.492 e. The molecule has 0 unspecified atom stereocenters. The van der Waals surface area contributed by atoms with E-state index < -0.39 is 0 Å². The summed E-state index contributed by atoms with van der Waals surface area (Å²) in [5, 5.41) is 0. The van der Waals surface area contributed by atoms with E-state index >= 15 is 0 Å². The Balaban J connectivity index is 2.05. The van der Waals surface area contributed by atoms with Gasteiger partial charge in [-0.2, -0.15) is 0 Å². The fourth-order valence-corrected chi connectivity index (χ4v) is 2.16. The van der Waals surface area contributed by atoms with Crippen LogP contribution in [-0.2, 0) is 6.54 Å². The first kappa shape index (κ1) is 11.3. The Morgan fingerprint density at radius 1 is 1.31 bits per heavy atom. The molecule has 16 heavy (non-hydrogen) atoms. The normalized spacial score (nSPS) is 16.6. The van der Waals surface area contributed by atoms with Gasteiger partial charge in [0.2, 0.25) is 0 Å². The Morgan fingerprint density at radius 3 is 2.75 bits per heavy atom. The van der Waals surface area contributed by atoms with Gasteiger partial charge in [0.15, 0.2) is 0 Å². The van der Waals surface area contributed by atoms with E-state index in [2.05, 4.69) is 17.0 Å². The fraction of sp³-hybridized carbons (Fsp3) is 0.538. The predicted octanol–water partition coefficient (Wildman–Crippen LogP) is 2.26. The lowest BCUT2D eigenvalue weighted by Gasteiger charge is -2.16. The van der Waals surface area contributed by atoms with Gasteiger partial charge in [0.1, 0.15) is 5.75 Å². The third-order valence-electron chi connectivity index (χ3n) is 2.98. The van der Waals surface area contributed by atoms with E-state index in [0.717, 1.165) is 18.0 Å². The van der Waals surface area contributed by atoms with Crippen LogP contribution in [0.1, 0.15) is 25.3 Å². The van der Waals surface area contributed by atoms with Crippen molar-refractivity contribution in [1.82, 2.24) is 4.90 Å². The predicted molar refractivity (Wildman–Crippen MR) is 66.5 cm³/mol. The fourth-order valence-electron chi connectivity index (χ4n) is 2.16. The third-order valence-corrected chi connectivity index (χ3v) is 2.98. The maximum Gasteiger partial charge on any atom is 0.142 e. The number of nitrogens with zero attached hydrogens (tertiary/aromatic N) is 1. The summed E-state index contributed by atoms with van der Waals surface area (Å²) in [7, 11) is 0. The molecule has 1 saturated heterocycles. The van der Waals surface area contributed by atoms with Crippen molar-refractivity contribution in [2.45, 2.75) is 26.3 Å². The summed E-state index contributed by atoms with van der Waals surface area (Å²) in [5.41, 5.74) is 7.87. The van der Waals surface area contributed by atoms with Gasteiger partial charge in [-0.15, -0.1) is 0 Å². The second kappa shape index (κ2) is 5.21. The number of hydrogen-bond acceptors (Lipinski definition) is 3. The summed E-state index contributed by atoms with van der Waals surface area (Å²) >= 11 is 0. The van der Waals surface area contributed by atoms with Gasteiger partial charge in [-0.25, -0.2) is 0 Å². The van der Waals surface area contributed by atoms with E-state index in [1.54, 1.807) is 0 Å². The number of likely N-dealkylation sites (tertiary alicyclic amines) is 1. The highest BCUT2D eigenvalue weighted by Gasteiger charge is 2.12. The molecule has 0 atom stereocenters. The zero-order chi connectivity index (χ0) is 11.4. The zero-order valence-electron chi connectivity index (χ0n) is 9.91. The number of benzene rings is 1. The minimum Gasteiger partial charge on any atom is -0.492 e. The van der Waals surface area contributed by atoms with Crippen molar-refractivity contribution >= 4 is 5.69 Å². The molecule has 1 aliphatic heterocycles. The van der Waals surface area contributed by atoms with Crippen LogP contribution in [-0.4, -0.2) is 24.6 Å². The van der Waals surface area contributed by atoms with E-state index in [1.807, 2.05) is 13.0 Å². The van der Waals surface area contributed by atoms with Crippen molar-refractivity contribution in [1.29, 1.82) is 0 Å². The average molecular weight is 220 g/mol. The Kier molecular flexibility index (Phi) is 3.67. The van der Waals surface area contributed by atoms with Gasteiger partial charge in [0.05, 0.1) is 12.3 Å². The summed E-state index contributed by atoms with van der Waals surface area (Å²) in [6.45, 7) is 6.09. The second-order valence-corrected chi connectivity index (χ2v) is 4.29. The van der Waals surface area contributed by atoms with Gasteiger partial charge in [-0.3, -0.25) is 4.90 Å². The number of ether oxygens (including phenoxy) is 1. The standard InChI is InChI=1S/C13H20N2O/c1-2-16-13-9-11(5-6-12(13)14)10-15-7-3-4-8-15/h5-6,9H,2-4,7-8,10,14H2,1H3. The molecule has 1 heterocycles. The van der Waals surface area contributed by atoms with Gasteiger partial charge in [-0.1, -0.05) is 6.07 Å². The smallest absolute Gasteiger partial charge is 0.142 e. The highest BCUT2D eigenvalue weighted by Crippen LogP contribution is 2.24. The van der Waals surface area contributed by atoms with Crippen LogP contribution in [0.2, 0.25) is 0 Å². The molecule has 3 heteroatoms. The number of nitrogen functional groups attached to an aromatic ring is 1. The molecule has 1 aliphatic rings. The first-order valence-electron chi connectivity index (χ1n) is 6.03. The molecule has 0 amide bonds. The van der Waals surface area contributed by atoms with E-state index in [-0.39, 0.29) is 0 Å². The zero-order valence-corrected chi connectivity index (χ0v) is 9.91. The minimum absolute atomic E-state index is 0.664. The van der Waals surface area contributed by atoms with Crippen molar-refractivity contribution in [3.63, 3.8) is 0 Å². The monoisotopic (exact) mass is 220 g/mol. The number of hydrogen-bond donors (Lipinski definition) is 1. The van der Waals surface area contributed by atoms with Crippen LogP contribution in [0, 0.1) is 0 Å². The summed E-state index contributed by atoms with van der Waals surface area (Å²) < 4.78 is 5.50. The van der Waals surface area contributed by atoms with E-state index in [9.17, 15) is 0 Å². The maximum absolute atomic E-state index is 5.85. The van der Waals surface area contributed by atoms with Crippen LogP contribution in [0.3, 0.4) is 0 Å². The summed E-state index contributed by atoms with van der Waals surface area (Å²) in [6, 6.07) is 6.10. The molecular formula is C13H20N2O. The molecule has 0 saturated carbocycles. The Bertz CT molecular complexity index is 346. The average Bonchev–Trinajstić information content (AvgIpc) is 2.76. The van der Waals surface area contributed by atoms with Crippen molar-refractivity contribution in [2.24, 2.45) is 0 Å². The maximum atomic E-state index is 5.85. The Morgan fingerprint density at radius 2 is 2.06 bits per heavy atom. The van der Waals surface area contributed by atoms with Crippen LogP contribution in [0.15, 0.2) is 18.2 Å². The van der Waals surface area contributed by atoms with Crippen molar-refractivity contribution in [2.75, 3.05) is 25.4 Å². The molecule has 0 aromatic heterocycles. The van der Waals surface area contributed by atoms with Gasteiger partial charge in [0.25, 0.3) is 0 Å². The van der Waals surface area contributed by atoms with Crippen LogP contribution in [0.5, 0.6) is 5.75 Å². The molecule has 1 fully saturated rings. The van der Waals surface area contributed by atoms with Crippen molar-refractivity contribution in [3.05, 3.63) is 23.8 Å². The van der Waals surface area contributed by atoms with Crippen LogP contribution in [0.4, 0.5) is 5.69 Å². The molecule has 3 nitrogen and oxygen atoms in total. The van der Waals surface area contributed by atoms with Crippen molar-refractivity contribution < 1.29 is 4.74 Å². The SMILES string of the molecule is CCOc1cc(CN2CCCC2)ccc1N. The van der Waals surface area contributed by atoms with Gasteiger partial charge in [0, 0.05) is 6.54 Å². The highest BCUT2D eigenvalue weighted by atomic mass is 16.5. The number of anilines is 1. The molecule has 2 rings (SSSR count). The van der Waals surface area contributed by atoms with E-state index in [0.29, 0.717) is 6.61 Å². The number of nitrogens with two attached hydrogens (primary N) is 1. The van der Waals surface area contributed by atoms with Gasteiger partial charge >= 0.3 is 0 Å². The Labute approximate surface area is 97.2 Å². The molecule has 0 spiro atoms. The summed E-state index contributed by atoms with van der Waals surface area (Å²) in [6.07, 6.45) is 2.65. The second-order valence-electron chi connectivity index (χ2n) is 4.29. The van der Waals surface area contributed by atoms with E-state index in [4.69, 9.17) is 10.5 Å². The molecular weight excluding hydrogens is 200 g/mol. The third kappa shape index (κ3) is 2.67. The van der Waals surface area contributed by atoms with Crippen LogP contribution < -0.4 is 10.5 Å². The Hall–Kier alpha value is -1.22. The molecule has 0 radical (unpaired) electrons. The summed E-state index contributed by atoms with van der Waals surface area (Å²) in [4.78, 5) is 2.47. The van der Waals surface area contributed by atoms with Crippen molar-refractivity contribution in [3.8, 4) is 5.75 Å². The molecule has 1 aromatic carbocycles. The molecule has 2 N–H and O–H groups in total. The molecule has 88 valence electrons. The van der Waals surface area contributed by atoms with Gasteiger partial charge in [-0.05, 0) is 50.6 Å². The van der Waals surface area contributed by atoms with Crippen LogP contribution in [0.25, 0.3) is 0 Å². The number of rotatable bonds is 4. The highest BCUT2D eigenvalue weighted by molar-refractivity contribution is 5.53. The molecule has 1 aromatic rings. The lowest BCUT2D eigenvalue weighted by Crippen LogP contribution is -2.18. The first-order chi connectivity index (χ1) is 7.79. The molecule has 0 bridgehead atoms. The minimum atomic E-state index is 0.664. The quantitative estimate of drug-likeness (QED) is 0.791. The molecule has 0 aliphatic carbocycles. The topological polar surface area (TPSA) is 38.5 Å². The van der Waals surface area contributed by atoms with E-state index in [1.165, 1.54) is 31.5 Å². The lowest BCUT2D eigenvalue weighted by atomic mass is 10.2.